The molecule has 0 aliphatic heterocycles. The lowest BCUT2D eigenvalue weighted by atomic mass is 9.98. The van der Waals surface area contributed by atoms with Gasteiger partial charge < -0.3 is 15.3 Å². The summed E-state index contributed by atoms with van der Waals surface area (Å²) in [6.45, 7) is 1.55. The molecule has 0 aliphatic rings. The Hall–Kier alpha value is -3.54. The Balaban J connectivity index is 1.33. The average molecular weight is 468 g/mol. The third-order valence-corrected chi connectivity index (χ3v) is 7.39. The second kappa shape index (κ2) is 9.01. The van der Waals surface area contributed by atoms with Crippen LogP contribution in [-0.2, 0) is 10.5 Å². The van der Waals surface area contributed by atoms with E-state index < -0.39 is 11.5 Å². The highest BCUT2D eigenvalue weighted by Crippen LogP contribution is 2.36. The van der Waals surface area contributed by atoms with E-state index in [1.807, 2.05) is 18.2 Å². The van der Waals surface area contributed by atoms with Crippen LogP contribution in [0.2, 0.25) is 0 Å². The first-order chi connectivity index (χ1) is 16.4. The van der Waals surface area contributed by atoms with Crippen LogP contribution in [-0.4, -0.2) is 22.4 Å². The van der Waals surface area contributed by atoms with E-state index in [0.29, 0.717) is 5.75 Å². The number of para-hydroxylation sites is 2. The summed E-state index contributed by atoms with van der Waals surface area (Å²) in [6.07, 6.45) is 0. The van der Waals surface area contributed by atoms with E-state index in [-0.39, 0.29) is 0 Å². The molecule has 0 radical (unpaired) electrons. The van der Waals surface area contributed by atoms with Crippen molar-refractivity contribution in [1.29, 1.82) is 0 Å². The van der Waals surface area contributed by atoms with E-state index >= 15 is 0 Å². The van der Waals surface area contributed by atoms with Gasteiger partial charge in [-0.3, -0.25) is 4.79 Å². The summed E-state index contributed by atoms with van der Waals surface area (Å²) in [7, 11) is 0. The summed E-state index contributed by atoms with van der Waals surface area (Å²) < 4.78 is 6.19. The Morgan fingerprint density at radius 2 is 1.47 bits per heavy atom. The van der Waals surface area contributed by atoms with Crippen LogP contribution in [0.15, 0.2) is 95.4 Å². The Labute approximate surface area is 202 Å². The van der Waals surface area contributed by atoms with Crippen molar-refractivity contribution in [3.8, 4) is 22.3 Å². The number of carbonyl (C=O) groups is 1. The highest BCUT2D eigenvalue weighted by molar-refractivity contribution is 7.98. The van der Waals surface area contributed by atoms with Gasteiger partial charge in [0, 0.05) is 27.8 Å². The highest BCUT2D eigenvalue weighted by atomic mass is 32.2. The van der Waals surface area contributed by atoms with E-state index in [4.69, 9.17) is 15.3 Å². The Bertz CT molecular complexity index is 1470. The van der Waals surface area contributed by atoms with Crippen molar-refractivity contribution in [2.45, 2.75) is 18.2 Å². The van der Waals surface area contributed by atoms with Gasteiger partial charge in [0.15, 0.2) is 0 Å². The van der Waals surface area contributed by atoms with Gasteiger partial charge in [0.05, 0.1) is 0 Å². The normalized spacial score (nSPS) is 13.2. The smallest absolute Gasteiger partial charge is 0.324 e. The van der Waals surface area contributed by atoms with Crippen molar-refractivity contribution in [3.63, 3.8) is 0 Å². The molecule has 1 heterocycles. The van der Waals surface area contributed by atoms with E-state index in [1.165, 1.54) is 11.8 Å². The molecule has 4 nitrogen and oxygen atoms in total. The maximum absolute atomic E-state index is 11.1. The maximum atomic E-state index is 11.1. The summed E-state index contributed by atoms with van der Waals surface area (Å²) >= 11 is 1.53. The molecule has 0 amide bonds. The third kappa shape index (κ3) is 4.32. The number of fused-ring (bicyclic) bond motifs is 3. The van der Waals surface area contributed by atoms with Gasteiger partial charge in [-0.25, -0.2) is 0 Å². The zero-order valence-corrected chi connectivity index (χ0v) is 19.6. The number of nitrogens with two attached hydrogens (primary N) is 1. The molecule has 0 aliphatic carbocycles. The average Bonchev–Trinajstić information content (AvgIpc) is 3.23. The quantitative estimate of drug-likeness (QED) is 0.271. The summed E-state index contributed by atoms with van der Waals surface area (Å²) in [5, 5.41) is 11.4. The predicted octanol–water partition coefficient (Wildman–Crippen LogP) is 6.96. The van der Waals surface area contributed by atoms with Crippen LogP contribution in [0, 0.1) is 0 Å². The predicted molar refractivity (Wildman–Crippen MR) is 141 cm³/mol. The molecule has 0 bridgehead atoms. The van der Waals surface area contributed by atoms with Crippen LogP contribution in [0.4, 0.5) is 0 Å². The van der Waals surface area contributed by atoms with Gasteiger partial charge in [0.2, 0.25) is 0 Å². The minimum Gasteiger partial charge on any atom is -0.480 e. The summed E-state index contributed by atoms with van der Waals surface area (Å²) in [5.74, 6) is 0.111. The molecular weight excluding hydrogens is 442 g/mol. The standard InChI is InChI=1S/C29H25NO3S/c1-29(30,28(31)32)18-34-17-19-9-11-20(12-10-19)21-13-15-22(16-14-21)23-6-4-7-25-24-5-2-3-8-26(24)33-27(23)25/h2-16H,17-18,30H2,1H3,(H,31,32)/t29-/m0/s1. The second-order valence-electron chi connectivity index (χ2n) is 8.77. The fourth-order valence-corrected chi connectivity index (χ4v) is 5.13. The SMILES string of the molecule is C[C@](N)(CSCc1ccc(-c2ccc(-c3cccc4c3oc3ccccc34)cc2)cc1)C(=O)O. The van der Waals surface area contributed by atoms with Crippen LogP contribution in [0.1, 0.15) is 12.5 Å². The number of thioether (sulfide) groups is 1. The number of carboxylic acid groups (broad SMARTS) is 1. The van der Waals surface area contributed by atoms with Crippen LogP contribution in [0.25, 0.3) is 44.2 Å². The summed E-state index contributed by atoms with van der Waals surface area (Å²) in [6, 6.07) is 31.3. The number of aliphatic carboxylic acids is 1. The maximum Gasteiger partial charge on any atom is 0.324 e. The van der Waals surface area contributed by atoms with Gasteiger partial charge in [-0.1, -0.05) is 84.9 Å². The van der Waals surface area contributed by atoms with Crippen LogP contribution >= 0.6 is 11.8 Å². The monoisotopic (exact) mass is 467 g/mol. The van der Waals surface area contributed by atoms with Crippen molar-refractivity contribution in [3.05, 3.63) is 96.6 Å². The topological polar surface area (TPSA) is 76.5 Å². The molecule has 34 heavy (non-hydrogen) atoms. The Morgan fingerprint density at radius 1 is 0.853 bits per heavy atom. The molecule has 0 saturated heterocycles. The molecule has 5 aromatic rings. The Kier molecular flexibility index (Phi) is 5.90. The highest BCUT2D eigenvalue weighted by Gasteiger charge is 2.27. The van der Waals surface area contributed by atoms with Gasteiger partial charge in [-0.2, -0.15) is 11.8 Å². The van der Waals surface area contributed by atoms with Crippen LogP contribution in [0.5, 0.6) is 0 Å². The first-order valence-corrected chi connectivity index (χ1v) is 12.3. The minimum absolute atomic E-state index is 0.365. The number of rotatable bonds is 7. The fourth-order valence-electron chi connectivity index (χ4n) is 4.05. The number of hydrogen-bond donors (Lipinski definition) is 2. The van der Waals surface area contributed by atoms with Crippen LogP contribution < -0.4 is 5.73 Å². The van der Waals surface area contributed by atoms with Crippen molar-refractivity contribution in [1.82, 2.24) is 0 Å². The first-order valence-electron chi connectivity index (χ1n) is 11.1. The summed E-state index contributed by atoms with van der Waals surface area (Å²) in [4.78, 5) is 11.1. The lowest BCUT2D eigenvalue weighted by Gasteiger charge is -2.18. The molecule has 1 atom stereocenters. The molecule has 1 aromatic heterocycles. The minimum atomic E-state index is -1.21. The molecule has 0 unspecified atom stereocenters. The van der Waals surface area contributed by atoms with E-state index in [1.54, 1.807) is 6.92 Å². The van der Waals surface area contributed by atoms with Gasteiger partial charge in [-0.05, 0) is 35.2 Å². The third-order valence-electron chi connectivity index (χ3n) is 6.05. The Morgan fingerprint density at radius 3 is 2.18 bits per heavy atom. The lowest BCUT2D eigenvalue weighted by Crippen LogP contribution is -2.47. The van der Waals surface area contributed by atoms with Crippen molar-refractivity contribution in [2.24, 2.45) is 5.73 Å². The number of hydrogen-bond acceptors (Lipinski definition) is 4. The fraction of sp³-hybridized carbons (Fsp3) is 0.138. The number of carboxylic acids is 1. The van der Waals surface area contributed by atoms with E-state index in [9.17, 15) is 4.79 Å². The molecule has 4 aromatic carbocycles. The van der Waals surface area contributed by atoms with Gasteiger partial charge >= 0.3 is 5.97 Å². The molecule has 0 spiro atoms. The number of benzene rings is 4. The zero-order valence-electron chi connectivity index (χ0n) is 18.8. The zero-order chi connectivity index (χ0) is 23.7. The largest absolute Gasteiger partial charge is 0.480 e. The number of furan rings is 1. The van der Waals surface area contributed by atoms with Gasteiger partial charge in [0.25, 0.3) is 0 Å². The van der Waals surface area contributed by atoms with E-state index in [2.05, 4.69) is 72.8 Å². The second-order valence-corrected chi connectivity index (χ2v) is 9.76. The summed E-state index contributed by atoms with van der Waals surface area (Å²) in [5.41, 5.74) is 12.0. The molecule has 3 N–H and O–H groups in total. The molecule has 0 fully saturated rings. The van der Waals surface area contributed by atoms with Gasteiger partial charge in [0.1, 0.15) is 16.7 Å². The lowest BCUT2D eigenvalue weighted by molar-refractivity contribution is -0.141. The molecule has 0 saturated carbocycles. The van der Waals surface area contributed by atoms with Gasteiger partial charge in [-0.15, -0.1) is 0 Å². The first kappa shape index (κ1) is 22.3. The van der Waals surface area contributed by atoms with E-state index in [0.717, 1.165) is 55.5 Å². The van der Waals surface area contributed by atoms with Crippen molar-refractivity contribution < 1.29 is 14.3 Å². The van der Waals surface area contributed by atoms with Crippen molar-refractivity contribution in [2.75, 3.05) is 5.75 Å². The molecular formula is C29H25NO3S. The van der Waals surface area contributed by atoms with Crippen LogP contribution in [0.3, 0.4) is 0 Å². The molecule has 5 heteroatoms. The van der Waals surface area contributed by atoms with Crippen molar-refractivity contribution >= 4 is 39.7 Å². The molecule has 170 valence electrons. The molecule has 5 rings (SSSR count).